The number of benzene rings is 7. The van der Waals surface area contributed by atoms with E-state index < -0.39 is 0 Å². The Balaban J connectivity index is 1.15. The molecule has 0 aliphatic heterocycles. The minimum absolute atomic E-state index is 1.01. The number of para-hydroxylation sites is 1. The Morgan fingerprint density at radius 1 is 0.300 bits per heavy atom. The van der Waals surface area contributed by atoms with Crippen LogP contribution in [0.5, 0.6) is 0 Å². The van der Waals surface area contributed by atoms with Crippen LogP contribution in [0.4, 0.5) is 0 Å². The van der Waals surface area contributed by atoms with Gasteiger partial charge in [-0.15, -0.1) is 0 Å². The molecule has 3 nitrogen and oxygen atoms in total. The minimum atomic E-state index is 1.01. The van der Waals surface area contributed by atoms with Crippen LogP contribution in [-0.2, 0) is 0 Å². The molecule has 7 aromatic carbocycles. The van der Waals surface area contributed by atoms with Crippen LogP contribution < -0.4 is 0 Å². The number of rotatable bonds is 5. The van der Waals surface area contributed by atoms with Gasteiger partial charge >= 0.3 is 0 Å². The van der Waals surface area contributed by atoms with Crippen molar-refractivity contribution in [1.82, 2.24) is 14.1 Å². The zero-order valence-corrected chi connectivity index (χ0v) is 27.2. The SMILES string of the molecule is c1ccc(-c2ccc(-n3c4cc(-c5ccc6c7ccccc7n(-c7cccc(-c8ccccc8)c7)c6c5)ccc4c4ncccc43)cc2)cc1. The molecule has 0 aliphatic carbocycles. The van der Waals surface area contributed by atoms with Gasteiger partial charge in [0.1, 0.15) is 0 Å². The van der Waals surface area contributed by atoms with E-state index in [0.29, 0.717) is 0 Å². The Morgan fingerprint density at radius 3 is 1.58 bits per heavy atom. The van der Waals surface area contributed by atoms with Crippen LogP contribution in [0, 0.1) is 0 Å². The van der Waals surface area contributed by atoms with Crippen molar-refractivity contribution in [2.24, 2.45) is 0 Å². The van der Waals surface area contributed by atoms with Gasteiger partial charge in [-0.05, 0) is 94.0 Å². The third-order valence-electron chi connectivity index (χ3n) is 9.97. The first-order valence-electron chi connectivity index (χ1n) is 17.0. The third kappa shape index (κ3) is 4.56. The monoisotopic (exact) mass is 637 g/mol. The molecule has 0 saturated carbocycles. The molecule has 0 radical (unpaired) electrons. The van der Waals surface area contributed by atoms with Gasteiger partial charge in [0.05, 0.1) is 27.6 Å². The average molecular weight is 638 g/mol. The molecule has 0 unspecified atom stereocenters. The van der Waals surface area contributed by atoms with Crippen LogP contribution in [0.25, 0.3) is 88.5 Å². The lowest BCUT2D eigenvalue weighted by atomic mass is 10.0. The molecule has 0 aliphatic rings. The quantitative estimate of drug-likeness (QED) is 0.184. The van der Waals surface area contributed by atoms with Gasteiger partial charge in [-0.25, -0.2) is 0 Å². The highest BCUT2D eigenvalue weighted by atomic mass is 15.0. The number of nitrogens with zero attached hydrogens (tertiary/aromatic N) is 3. The molecule has 0 saturated heterocycles. The molecule has 3 heteroatoms. The maximum absolute atomic E-state index is 4.84. The van der Waals surface area contributed by atoms with Crippen molar-refractivity contribution in [3.05, 3.63) is 188 Å². The maximum atomic E-state index is 4.84. The van der Waals surface area contributed by atoms with E-state index in [1.165, 1.54) is 55.2 Å². The van der Waals surface area contributed by atoms with Gasteiger partial charge in [-0.3, -0.25) is 4.98 Å². The molecule has 0 fully saturated rings. The number of hydrogen-bond donors (Lipinski definition) is 0. The minimum Gasteiger partial charge on any atom is -0.309 e. The standard InChI is InChI=1S/C47H31N3/c1-3-11-32(12-4-1)34-20-24-38(25-21-34)49-44-19-10-28-48-47(44)42-27-23-37(31-46(42)49)36-22-26-41-40-17-7-8-18-43(40)50(45(41)30-36)39-16-9-15-35(29-39)33-13-5-2-6-14-33/h1-31H. The second-order valence-electron chi connectivity index (χ2n) is 12.9. The predicted molar refractivity (Wildman–Crippen MR) is 209 cm³/mol. The van der Waals surface area contributed by atoms with Gasteiger partial charge in [-0.2, -0.15) is 0 Å². The molecular weight excluding hydrogens is 607 g/mol. The molecule has 0 N–H and O–H groups in total. The molecule has 10 rings (SSSR count). The third-order valence-corrected chi connectivity index (χ3v) is 9.97. The predicted octanol–water partition coefficient (Wildman–Crippen LogP) is 12.3. The van der Waals surface area contributed by atoms with Crippen LogP contribution in [0.15, 0.2) is 188 Å². The molecule has 50 heavy (non-hydrogen) atoms. The van der Waals surface area contributed by atoms with Crippen molar-refractivity contribution in [3.63, 3.8) is 0 Å². The van der Waals surface area contributed by atoms with Crippen LogP contribution in [-0.4, -0.2) is 14.1 Å². The fourth-order valence-electron chi connectivity index (χ4n) is 7.61. The number of fused-ring (bicyclic) bond motifs is 6. The van der Waals surface area contributed by atoms with Gasteiger partial charge in [0.25, 0.3) is 0 Å². The highest BCUT2D eigenvalue weighted by Crippen LogP contribution is 2.38. The molecule has 234 valence electrons. The number of hydrogen-bond acceptors (Lipinski definition) is 1. The summed E-state index contributed by atoms with van der Waals surface area (Å²) in [7, 11) is 0. The Labute approximate surface area is 290 Å². The fraction of sp³-hybridized carbons (Fsp3) is 0. The summed E-state index contributed by atoms with van der Waals surface area (Å²) in [5.74, 6) is 0. The first kappa shape index (κ1) is 28.3. The van der Waals surface area contributed by atoms with Crippen LogP contribution in [0.2, 0.25) is 0 Å². The lowest BCUT2D eigenvalue weighted by molar-refractivity contribution is 1.17. The highest BCUT2D eigenvalue weighted by molar-refractivity contribution is 6.11. The Hall–Kier alpha value is -6.71. The van der Waals surface area contributed by atoms with E-state index in [1.807, 2.05) is 12.3 Å². The lowest BCUT2D eigenvalue weighted by Gasteiger charge is -2.12. The number of pyridine rings is 1. The summed E-state index contributed by atoms with van der Waals surface area (Å²) in [5, 5.41) is 3.64. The average Bonchev–Trinajstić information content (AvgIpc) is 3.71. The van der Waals surface area contributed by atoms with Crippen LogP contribution in [0.1, 0.15) is 0 Å². The van der Waals surface area contributed by atoms with E-state index in [1.54, 1.807) is 0 Å². The van der Waals surface area contributed by atoms with Gasteiger partial charge in [0.2, 0.25) is 0 Å². The smallest absolute Gasteiger partial charge is 0.0963 e. The second-order valence-corrected chi connectivity index (χ2v) is 12.9. The zero-order valence-electron chi connectivity index (χ0n) is 27.2. The summed E-state index contributed by atoms with van der Waals surface area (Å²) in [6, 6.07) is 65.5. The van der Waals surface area contributed by atoms with Crippen molar-refractivity contribution in [2.45, 2.75) is 0 Å². The summed E-state index contributed by atoms with van der Waals surface area (Å²) < 4.78 is 4.76. The van der Waals surface area contributed by atoms with Gasteiger partial charge in [-0.1, -0.05) is 121 Å². The van der Waals surface area contributed by atoms with Crippen molar-refractivity contribution < 1.29 is 0 Å². The second kappa shape index (κ2) is 11.5. The van der Waals surface area contributed by atoms with Crippen molar-refractivity contribution >= 4 is 43.7 Å². The van der Waals surface area contributed by atoms with E-state index in [9.17, 15) is 0 Å². The lowest BCUT2D eigenvalue weighted by Crippen LogP contribution is -1.95. The molecule has 0 bridgehead atoms. The summed E-state index contributed by atoms with van der Waals surface area (Å²) in [4.78, 5) is 4.84. The first-order chi connectivity index (χ1) is 24.8. The van der Waals surface area contributed by atoms with Crippen LogP contribution >= 0.6 is 0 Å². The summed E-state index contributed by atoms with van der Waals surface area (Å²) >= 11 is 0. The normalized spacial score (nSPS) is 11.6. The fourth-order valence-corrected chi connectivity index (χ4v) is 7.61. The first-order valence-corrected chi connectivity index (χ1v) is 17.0. The topological polar surface area (TPSA) is 22.8 Å². The van der Waals surface area contributed by atoms with E-state index >= 15 is 0 Å². The van der Waals surface area contributed by atoms with Gasteiger partial charge in [0, 0.05) is 33.7 Å². The Morgan fingerprint density at radius 2 is 0.820 bits per heavy atom. The molecule has 3 heterocycles. The molecule has 10 aromatic rings. The van der Waals surface area contributed by atoms with E-state index in [4.69, 9.17) is 4.98 Å². The summed E-state index contributed by atoms with van der Waals surface area (Å²) in [6.07, 6.45) is 1.89. The summed E-state index contributed by atoms with van der Waals surface area (Å²) in [6.45, 7) is 0. The van der Waals surface area contributed by atoms with E-state index in [-0.39, 0.29) is 0 Å². The van der Waals surface area contributed by atoms with Gasteiger partial charge < -0.3 is 9.13 Å². The van der Waals surface area contributed by atoms with Crippen molar-refractivity contribution in [1.29, 1.82) is 0 Å². The van der Waals surface area contributed by atoms with Crippen molar-refractivity contribution in [2.75, 3.05) is 0 Å². The summed E-state index contributed by atoms with van der Waals surface area (Å²) in [5.41, 5.74) is 15.1. The molecule has 3 aromatic heterocycles. The van der Waals surface area contributed by atoms with E-state index in [2.05, 4.69) is 185 Å². The molecule has 0 spiro atoms. The largest absolute Gasteiger partial charge is 0.309 e. The number of aromatic nitrogens is 3. The van der Waals surface area contributed by atoms with E-state index in [0.717, 1.165) is 33.3 Å². The highest BCUT2D eigenvalue weighted by Gasteiger charge is 2.17. The maximum Gasteiger partial charge on any atom is 0.0963 e. The Kier molecular flexibility index (Phi) is 6.49. The molecule has 0 atom stereocenters. The van der Waals surface area contributed by atoms with Gasteiger partial charge in [0.15, 0.2) is 0 Å². The molecular formula is C47H31N3. The Bertz CT molecular complexity index is 2840. The van der Waals surface area contributed by atoms with Crippen LogP contribution in [0.3, 0.4) is 0 Å². The molecule has 0 amide bonds. The van der Waals surface area contributed by atoms with Crippen molar-refractivity contribution in [3.8, 4) is 44.8 Å². The zero-order chi connectivity index (χ0) is 33.0.